The number of carbonyl (C=O) groups is 1. The molecule has 0 heterocycles. The number of nitrogens with one attached hydrogen (secondary N) is 1. The third-order valence-electron chi connectivity index (χ3n) is 1.57. The number of aliphatic hydroxyl groups is 1. The van der Waals surface area contributed by atoms with Crippen LogP contribution in [0, 0.1) is 12.3 Å². The van der Waals surface area contributed by atoms with Gasteiger partial charge in [-0.1, -0.05) is 6.92 Å². The van der Waals surface area contributed by atoms with E-state index >= 15 is 0 Å². The summed E-state index contributed by atoms with van der Waals surface area (Å²) in [5, 5.41) is 11.4. The van der Waals surface area contributed by atoms with E-state index in [1.54, 1.807) is 0 Å². The molecule has 0 aromatic rings. The van der Waals surface area contributed by atoms with Crippen LogP contribution in [0.25, 0.3) is 0 Å². The standard InChI is InChI=1S/C9H15NO2/c1-3-5-6-9(12)10-8(4-2)7-11/h1,8,11H,4-7H2,2H3,(H,10,12)/t8-/m1/s1. The van der Waals surface area contributed by atoms with Crippen molar-refractivity contribution in [2.75, 3.05) is 6.61 Å². The van der Waals surface area contributed by atoms with Crippen LogP contribution in [0.1, 0.15) is 26.2 Å². The lowest BCUT2D eigenvalue weighted by molar-refractivity contribution is -0.122. The zero-order valence-electron chi connectivity index (χ0n) is 7.34. The smallest absolute Gasteiger partial charge is 0.221 e. The van der Waals surface area contributed by atoms with Gasteiger partial charge < -0.3 is 10.4 Å². The molecule has 0 rings (SSSR count). The van der Waals surface area contributed by atoms with Gasteiger partial charge in [0.15, 0.2) is 0 Å². The number of aliphatic hydroxyl groups excluding tert-OH is 1. The van der Waals surface area contributed by atoms with E-state index < -0.39 is 0 Å². The number of amides is 1. The topological polar surface area (TPSA) is 49.3 Å². The van der Waals surface area contributed by atoms with Crippen LogP contribution in [0.4, 0.5) is 0 Å². The number of rotatable bonds is 5. The molecule has 0 radical (unpaired) electrons. The fourth-order valence-electron chi connectivity index (χ4n) is 0.762. The average Bonchev–Trinajstić information content (AvgIpc) is 2.10. The molecule has 0 saturated heterocycles. The summed E-state index contributed by atoms with van der Waals surface area (Å²) in [6, 6.07) is -0.129. The molecule has 12 heavy (non-hydrogen) atoms. The Morgan fingerprint density at radius 2 is 2.42 bits per heavy atom. The predicted octanol–water partition coefficient (Wildman–Crippen LogP) is 0.287. The van der Waals surface area contributed by atoms with Crippen LogP contribution in [0.3, 0.4) is 0 Å². The van der Waals surface area contributed by atoms with Crippen LogP contribution in [0.15, 0.2) is 0 Å². The van der Waals surface area contributed by atoms with Crippen LogP contribution in [0.5, 0.6) is 0 Å². The summed E-state index contributed by atoms with van der Waals surface area (Å²) in [6.45, 7) is 1.89. The Morgan fingerprint density at radius 1 is 1.75 bits per heavy atom. The Balaban J connectivity index is 3.60. The molecule has 1 atom stereocenters. The van der Waals surface area contributed by atoms with E-state index in [4.69, 9.17) is 11.5 Å². The minimum Gasteiger partial charge on any atom is -0.394 e. The molecular formula is C9H15NO2. The Kier molecular flexibility index (Phi) is 6.12. The van der Waals surface area contributed by atoms with Gasteiger partial charge in [0, 0.05) is 12.8 Å². The lowest BCUT2D eigenvalue weighted by Gasteiger charge is -2.12. The van der Waals surface area contributed by atoms with Crippen molar-refractivity contribution in [3.8, 4) is 12.3 Å². The van der Waals surface area contributed by atoms with Gasteiger partial charge in [0.1, 0.15) is 0 Å². The molecule has 68 valence electrons. The summed E-state index contributed by atoms with van der Waals surface area (Å²) in [6.07, 6.45) is 6.52. The molecule has 0 aromatic carbocycles. The van der Waals surface area contributed by atoms with E-state index in [0.717, 1.165) is 6.42 Å². The highest BCUT2D eigenvalue weighted by Crippen LogP contribution is 1.92. The molecular weight excluding hydrogens is 154 g/mol. The Morgan fingerprint density at radius 3 is 2.83 bits per heavy atom. The van der Waals surface area contributed by atoms with Gasteiger partial charge in [0.2, 0.25) is 5.91 Å². The maximum atomic E-state index is 11.0. The Bertz CT molecular complexity index is 168. The average molecular weight is 169 g/mol. The Hall–Kier alpha value is -1.01. The number of hydrogen-bond donors (Lipinski definition) is 2. The molecule has 0 bridgehead atoms. The van der Waals surface area contributed by atoms with Crippen molar-refractivity contribution < 1.29 is 9.90 Å². The van der Waals surface area contributed by atoms with Crippen molar-refractivity contribution in [1.82, 2.24) is 5.32 Å². The van der Waals surface area contributed by atoms with Crippen molar-refractivity contribution in [3.05, 3.63) is 0 Å². The third-order valence-corrected chi connectivity index (χ3v) is 1.57. The summed E-state index contributed by atoms with van der Waals surface area (Å²) >= 11 is 0. The van der Waals surface area contributed by atoms with Crippen molar-refractivity contribution >= 4 is 5.91 Å². The van der Waals surface area contributed by atoms with Crippen molar-refractivity contribution in [1.29, 1.82) is 0 Å². The van der Waals surface area contributed by atoms with Gasteiger partial charge in [-0.2, -0.15) is 0 Å². The van der Waals surface area contributed by atoms with E-state index in [2.05, 4.69) is 11.2 Å². The quantitative estimate of drug-likeness (QED) is 0.581. The maximum absolute atomic E-state index is 11.0. The van der Waals surface area contributed by atoms with E-state index in [1.807, 2.05) is 6.92 Å². The largest absolute Gasteiger partial charge is 0.394 e. The summed E-state index contributed by atoms with van der Waals surface area (Å²) in [7, 11) is 0. The molecule has 0 aliphatic carbocycles. The lowest BCUT2D eigenvalue weighted by atomic mass is 10.2. The fourth-order valence-corrected chi connectivity index (χ4v) is 0.762. The zero-order valence-corrected chi connectivity index (χ0v) is 7.34. The minimum absolute atomic E-state index is 0.0156. The first-order valence-electron chi connectivity index (χ1n) is 4.08. The summed E-state index contributed by atoms with van der Waals surface area (Å²) in [5.41, 5.74) is 0. The van der Waals surface area contributed by atoms with Gasteiger partial charge in [0.25, 0.3) is 0 Å². The molecule has 1 amide bonds. The second-order valence-corrected chi connectivity index (χ2v) is 2.56. The molecule has 2 N–H and O–H groups in total. The normalized spacial score (nSPS) is 11.8. The minimum atomic E-state index is -0.129. The second kappa shape index (κ2) is 6.68. The third kappa shape index (κ3) is 4.75. The molecule has 3 nitrogen and oxygen atoms in total. The monoisotopic (exact) mass is 169 g/mol. The van der Waals surface area contributed by atoms with Gasteiger partial charge >= 0.3 is 0 Å². The van der Waals surface area contributed by atoms with Crippen molar-refractivity contribution in [2.45, 2.75) is 32.2 Å². The zero-order chi connectivity index (χ0) is 9.40. The highest BCUT2D eigenvalue weighted by atomic mass is 16.3. The van der Waals surface area contributed by atoms with Gasteiger partial charge in [0.05, 0.1) is 12.6 Å². The molecule has 0 aliphatic rings. The molecule has 0 aliphatic heterocycles. The maximum Gasteiger partial charge on any atom is 0.221 e. The number of hydrogen-bond acceptors (Lipinski definition) is 2. The first-order chi connectivity index (χ1) is 5.74. The highest BCUT2D eigenvalue weighted by Gasteiger charge is 2.07. The van der Waals surface area contributed by atoms with Crippen LogP contribution >= 0.6 is 0 Å². The van der Waals surface area contributed by atoms with Crippen molar-refractivity contribution in [2.24, 2.45) is 0 Å². The summed E-state index contributed by atoms with van der Waals surface area (Å²) < 4.78 is 0. The Labute approximate surface area is 73.2 Å². The number of terminal acetylenes is 1. The molecule has 0 saturated carbocycles. The lowest BCUT2D eigenvalue weighted by Crippen LogP contribution is -2.36. The van der Waals surface area contributed by atoms with Gasteiger partial charge in [-0.25, -0.2) is 0 Å². The first kappa shape index (κ1) is 11.0. The molecule has 0 spiro atoms. The van der Waals surface area contributed by atoms with Gasteiger partial charge in [-0.05, 0) is 6.42 Å². The SMILES string of the molecule is C#CCCC(=O)N[C@H](CC)CO. The van der Waals surface area contributed by atoms with Gasteiger partial charge in [-0.15, -0.1) is 12.3 Å². The second-order valence-electron chi connectivity index (χ2n) is 2.56. The van der Waals surface area contributed by atoms with Crippen LogP contribution in [-0.4, -0.2) is 23.7 Å². The van der Waals surface area contributed by atoms with E-state index in [-0.39, 0.29) is 18.6 Å². The van der Waals surface area contributed by atoms with Gasteiger partial charge in [-0.3, -0.25) is 4.79 Å². The van der Waals surface area contributed by atoms with Crippen LogP contribution in [-0.2, 0) is 4.79 Å². The fraction of sp³-hybridized carbons (Fsp3) is 0.667. The van der Waals surface area contributed by atoms with E-state index in [9.17, 15) is 4.79 Å². The predicted molar refractivity (Wildman–Crippen MR) is 47.4 cm³/mol. The van der Waals surface area contributed by atoms with Crippen LogP contribution < -0.4 is 5.32 Å². The van der Waals surface area contributed by atoms with E-state index in [1.165, 1.54) is 0 Å². The number of carbonyl (C=O) groups excluding carboxylic acids is 1. The molecule has 0 fully saturated rings. The van der Waals surface area contributed by atoms with Crippen LogP contribution in [0.2, 0.25) is 0 Å². The molecule has 3 heteroatoms. The first-order valence-corrected chi connectivity index (χ1v) is 4.08. The highest BCUT2D eigenvalue weighted by molar-refractivity contribution is 5.76. The van der Waals surface area contributed by atoms with E-state index in [0.29, 0.717) is 12.8 Å². The van der Waals surface area contributed by atoms with Crippen molar-refractivity contribution in [3.63, 3.8) is 0 Å². The summed E-state index contributed by atoms with van der Waals surface area (Å²) in [4.78, 5) is 11.0. The molecule has 0 unspecified atom stereocenters. The summed E-state index contributed by atoms with van der Waals surface area (Å²) in [5.74, 6) is 2.30. The molecule has 0 aromatic heterocycles.